The summed E-state index contributed by atoms with van der Waals surface area (Å²) < 4.78 is 4.70. The minimum atomic E-state index is 0.486. The van der Waals surface area contributed by atoms with E-state index in [2.05, 4.69) is 18.3 Å². The first-order valence-corrected chi connectivity index (χ1v) is 2.18. The van der Waals surface area contributed by atoms with Crippen molar-refractivity contribution in [3.8, 4) is 0 Å². The Morgan fingerprint density at radius 3 is 2.50 bits per heavy atom. The average Bonchev–Trinajstić information content (AvgIpc) is 1.83. The standard InChI is InChI=1S/C6H9NO/c1-4-5-6(7-2)8-3/h4-5H,1-2H2,3H3. The molecule has 0 bridgehead atoms. The fourth-order valence-electron chi connectivity index (χ4n) is 0.286. The molecule has 0 aliphatic carbocycles. The van der Waals surface area contributed by atoms with Crippen LogP contribution in [0.5, 0.6) is 0 Å². The predicted octanol–water partition coefficient (Wildman–Crippen LogP) is 1.36. The molecule has 8 heavy (non-hydrogen) atoms. The van der Waals surface area contributed by atoms with Crippen molar-refractivity contribution in [1.82, 2.24) is 0 Å². The van der Waals surface area contributed by atoms with Gasteiger partial charge in [0.25, 0.3) is 0 Å². The Labute approximate surface area is 49.2 Å². The third-order valence-corrected chi connectivity index (χ3v) is 0.625. The van der Waals surface area contributed by atoms with Gasteiger partial charge >= 0.3 is 0 Å². The number of nitrogens with zero attached hydrogens (tertiary/aromatic N) is 1. The van der Waals surface area contributed by atoms with Crippen molar-refractivity contribution in [2.75, 3.05) is 7.11 Å². The highest BCUT2D eigenvalue weighted by atomic mass is 16.5. The maximum absolute atomic E-state index is 4.70. The molecule has 0 unspecified atom stereocenters. The van der Waals surface area contributed by atoms with Crippen molar-refractivity contribution in [3.63, 3.8) is 0 Å². The zero-order valence-corrected chi connectivity index (χ0v) is 4.92. The van der Waals surface area contributed by atoms with Crippen LogP contribution in [-0.2, 0) is 4.74 Å². The monoisotopic (exact) mass is 111 g/mol. The summed E-state index contributed by atoms with van der Waals surface area (Å²) >= 11 is 0. The lowest BCUT2D eigenvalue weighted by Gasteiger charge is -1.93. The Morgan fingerprint density at radius 2 is 2.38 bits per heavy atom. The third-order valence-electron chi connectivity index (χ3n) is 0.625. The Hall–Kier alpha value is -1.05. The molecule has 0 spiro atoms. The van der Waals surface area contributed by atoms with Gasteiger partial charge in [-0.2, -0.15) is 0 Å². The summed E-state index contributed by atoms with van der Waals surface area (Å²) in [6.07, 6.45) is 3.22. The molecule has 0 amide bonds. The quantitative estimate of drug-likeness (QED) is 0.306. The van der Waals surface area contributed by atoms with Crippen molar-refractivity contribution in [3.05, 3.63) is 24.6 Å². The van der Waals surface area contributed by atoms with Crippen molar-refractivity contribution < 1.29 is 4.74 Å². The zero-order chi connectivity index (χ0) is 6.41. The van der Waals surface area contributed by atoms with Gasteiger partial charge in [0.2, 0.25) is 5.88 Å². The summed E-state index contributed by atoms with van der Waals surface area (Å²) in [5, 5.41) is 0. The Bertz CT molecular complexity index is 116. The minimum absolute atomic E-state index is 0.486. The first kappa shape index (κ1) is 6.95. The highest BCUT2D eigenvalue weighted by molar-refractivity contribution is 5.28. The smallest absolute Gasteiger partial charge is 0.212 e. The van der Waals surface area contributed by atoms with Crippen LogP contribution in [0.4, 0.5) is 0 Å². The van der Waals surface area contributed by atoms with Crippen LogP contribution in [0.2, 0.25) is 0 Å². The summed E-state index contributed by atoms with van der Waals surface area (Å²) in [6.45, 7) is 6.71. The normalized spacial score (nSPS) is 10.4. The van der Waals surface area contributed by atoms with Crippen molar-refractivity contribution in [1.29, 1.82) is 0 Å². The molecular formula is C6H9NO. The molecule has 0 saturated carbocycles. The van der Waals surface area contributed by atoms with Crippen LogP contribution in [0.15, 0.2) is 29.6 Å². The van der Waals surface area contributed by atoms with E-state index in [-0.39, 0.29) is 0 Å². The highest BCUT2D eigenvalue weighted by Crippen LogP contribution is 1.93. The SMILES string of the molecule is C=CC=C(N=C)OC. The lowest BCUT2D eigenvalue weighted by molar-refractivity contribution is 0.289. The first-order chi connectivity index (χ1) is 3.85. The number of hydrogen-bond donors (Lipinski definition) is 0. The molecule has 0 aromatic carbocycles. The fraction of sp³-hybridized carbons (Fsp3) is 0.167. The van der Waals surface area contributed by atoms with E-state index in [1.54, 1.807) is 12.2 Å². The van der Waals surface area contributed by atoms with Crippen molar-refractivity contribution >= 4 is 6.72 Å². The van der Waals surface area contributed by atoms with E-state index in [4.69, 9.17) is 4.74 Å². The van der Waals surface area contributed by atoms with E-state index in [0.717, 1.165) is 0 Å². The molecule has 0 atom stereocenters. The van der Waals surface area contributed by atoms with Crippen LogP contribution in [-0.4, -0.2) is 13.8 Å². The molecule has 0 rings (SSSR count). The molecule has 0 saturated heterocycles. The first-order valence-electron chi connectivity index (χ1n) is 2.18. The van der Waals surface area contributed by atoms with Crippen molar-refractivity contribution in [2.24, 2.45) is 4.99 Å². The number of rotatable bonds is 3. The van der Waals surface area contributed by atoms with Crippen LogP contribution in [0.1, 0.15) is 0 Å². The molecule has 0 fully saturated rings. The number of allylic oxidation sites excluding steroid dienone is 2. The molecule has 0 aromatic heterocycles. The van der Waals surface area contributed by atoms with E-state index in [0.29, 0.717) is 5.88 Å². The predicted molar refractivity (Wildman–Crippen MR) is 34.8 cm³/mol. The van der Waals surface area contributed by atoms with Crippen LogP contribution in [0, 0.1) is 0 Å². The summed E-state index contributed by atoms with van der Waals surface area (Å²) in [5.41, 5.74) is 0. The Morgan fingerprint density at radius 1 is 1.75 bits per heavy atom. The summed E-state index contributed by atoms with van der Waals surface area (Å²) in [4.78, 5) is 3.51. The molecule has 44 valence electrons. The topological polar surface area (TPSA) is 21.6 Å². The van der Waals surface area contributed by atoms with Crippen LogP contribution in [0.25, 0.3) is 0 Å². The largest absolute Gasteiger partial charge is 0.481 e. The number of methoxy groups -OCH3 is 1. The molecule has 0 heterocycles. The second-order valence-corrected chi connectivity index (χ2v) is 1.10. The third kappa shape index (κ3) is 2.18. The van der Waals surface area contributed by atoms with Gasteiger partial charge in [0, 0.05) is 0 Å². The van der Waals surface area contributed by atoms with E-state index >= 15 is 0 Å². The average molecular weight is 111 g/mol. The second-order valence-electron chi connectivity index (χ2n) is 1.10. The molecular weight excluding hydrogens is 102 g/mol. The lowest BCUT2D eigenvalue weighted by atomic mass is 10.6. The van der Waals surface area contributed by atoms with E-state index in [1.165, 1.54) is 7.11 Å². The maximum Gasteiger partial charge on any atom is 0.212 e. The van der Waals surface area contributed by atoms with Crippen LogP contribution < -0.4 is 0 Å². The van der Waals surface area contributed by atoms with Gasteiger partial charge in [-0.3, -0.25) is 0 Å². The van der Waals surface area contributed by atoms with E-state index in [9.17, 15) is 0 Å². The van der Waals surface area contributed by atoms with Crippen LogP contribution in [0.3, 0.4) is 0 Å². The lowest BCUT2D eigenvalue weighted by Crippen LogP contribution is -1.77. The maximum atomic E-state index is 4.70. The number of aliphatic imine (C=N–C) groups is 1. The van der Waals surface area contributed by atoms with Gasteiger partial charge in [-0.05, 0) is 12.8 Å². The van der Waals surface area contributed by atoms with Gasteiger partial charge in [0.15, 0.2) is 0 Å². The highest BCUT2D eigenvalue weighted by Gasteiger charge is 1.80. The van der Waals surface area contributed by atoms with Crippen molar-refractivity contribution in [2.45, 2.75) is 0 Å². The summed E-state index contributed by atoms with van der Waals surface area (Å²) in [5.74, 6) is 0.486. The molecule has 0 aliphatic rings. The minimum Gasteiger partial charge on any atom is -0.481 e. The van der Waals surface area contributed by atoms with Gasteiger partial charge in [-0.25, -0.2) is 4.99 Å². The summed E-state index contributed by atoms with van der Waals surface area (Å²) in [7, 11) is 1.53. The Balaban J connectivity index is 3.84. The van der Waals surface area contributed by atoms with E-state index in [1.807, 2.05) is 0 Å². The Kier molecular flexibility index (Phi) is 3.58. The zero-order valence-electron chi connectivity index (χ0n) is 4.92. The van der Waals surface area contributed by atoms with Gasteiger partial charge in [-0.15, -0.1) is 0 Å². The van der Waals surface area contributed by atoms with E-state index < -0.39 is 0 Å². The van der Waals surface area contributed by atoms with Gasteiger partial charge < -0.3 is 4.74 Å². The molecule has 0 N–H and O–H groups in total. The molecule has 2 heteroatoms. The summed E-state index contributed by atoms with van der Waals surface area (Å²) in [6, 6.07) is 0. The number of hydrogen-bond acceptors (Lipinski definition) is 2. The molecule has 0 aromatic rings. The molecule has 0 aliphatic heterocycles. The molecule has 0 radical (unpaired) electrons. The molecule has 2 nitrogen and oxygen atoms in total. The fourth-order valence-corrected chi connectivity index (χ4v) is 0.286. The number of ether oxygens (including phenoxy) is 1. The second kappa shape index (κ2) is 4.12. The van der Waals surface area contributed by atoms with Gasteiger partial charge in [0.1, 0.15) is 0 Å². The van der Waals surface area contributed by atoms with Gasteiger partial charge in [-0.1, -0.05) is 12.7 Å². The van der Waals surface area contributed by atoms with Crippen LogP contribution >= 0.6 is 0 Å². The van der Waals surface area contributed by atoms with Gasteiger partial charge in [0.05, 0.1) is 7.11 Å².